The summed E-state index contributed by atoms with van der Waals surface area (Å²) in [5, 5.41) is 2.74. The van der Waals surface area contributed by atoms with Gasteiger partial charge in [-0.25, -0.2) is 17.9 Å². The molecule has 1 rings (SSSR count). The van der Waals surface area contributed by atoms with E-state index < -0.39 is 28.5 Å². The van der Waals surface area contributed by atoms with Crippen LogP contribution in [0, 0.1) is 0 Å². The maximum absolute atomic E-state index is 11.9. The predicted octanol–water partition coefficient (Wildman–Crippen LogP) is 1.06. The summed E-state index contributed by atoms with van der Waals surface area (Å²) in [5.74, 6) is -1.17. The van der Waals surface area contributed by atoms with E-state index in [0.29, 0.717) is 0 Å². The summed E-state index contributed by atoms with van der Waals surface area (Å²) in [6.45, 7) is 5.23. The fraction of sp³-hybridized carbons (Fsp3) is 0.467. The van der Waals surface area contributed by atoms with Crippen LogP contribution < -0.4 is 10.0 Å². The SMILES string of the molecule is CCC(C)(C)NC(=O)COC(=O)c1cccc(S(=O)(=O)NC)c1. The summed E-state index contributed by atoms with van der Waals surface area (Å²) in [6.07, 6.45) is 0.733. The van der Waals surface area contributed by atoms with Crippen molar-refractivity contribution in [1.29, 1.82) is 0 Å². The summed E-state index contributed by atoms with van der Waals surface area (Å²) in [4.78, 5) is 23.6. The monoisotopic (exact) mass is 342 g/mol. The number of carbonyl (C=O) groups is 2. The number of carbonyl (C=O) groups excluding carboxylic acids is 2. The van der Waals surface area contributed by atoms with Gasteiger partial charge in [0, 0.05) is 5.54 Å². The zero-order chi connectivity index (χ0) is 17.7. The van der Waals surface area contributed by atoms with E-state index in [1.54, 1.807) is 0 Å². The van der Waals surface area contributed by atoms with Gasteiger partial charge >= 0.3 is 5.97 Å². The van der Waals surface area contributed by atoms with Crippen LogP contribution in [0.4, 0.5) is 0 Å². The largest absolute Gasteiger partial charge is 0.452 e. The normalized spacial score (nSPS) is 11.8. The Labute approximate surface area is 136 Å². The van der Waals surface area contributed by atoms with Crippen LogP contribution >= 0.6 is 0 Å². The highest BCUT2D eigenvalue weighted by atomic mass is 32.2. The van der Waals surface area contributed by atoms with Crippen molar-refractivity contribution < 1.29 is 22.7 Å². The fourth-order valence-corrected chi connectivity index (χ4v) is 2.40. The van der Waals surface area contributed by atoms with E-state index in [-0.39, 0.29) is 16.0 Å². The molecule has 0 radical (unpaired) electrons. The highest BCUT2D eigenvalue weighted by Gasteiger charge is 2.20. The molecule has 7 nitrogen and oxygen atoms in total. The summed E-state index contributed by atoms with van der Waals surface area (Å²) < 4.78 is 30.5. The Kier molecular flexibility index (Phi) is 6.28. The quantitative estimate of drug-likeness (QED) is 0.721. The first-order valence-electron chi connectivity index (χ1n) is 7.13. The van der Waals surface area contributed by atoms with Crippen molar-refractivity contribution in [3.05, 3.63) is 29.8 Å². The molecular weight excluding hydrogens is 320 g/mol. The third-order valence-electron chi connectivity index (χ3n) is 3.34. The highest BCUT2D eigenvalue weighted by Crippen LogP contribution is 2.12. The lowest BCUT2D eigenvalue weighted by Crippen LogP contribution is -2.44. The van der Waals surface area contributed by atoms with Gasteiger partial charge in [-0.15, -0.1) is 0 Å². The van der Waals surface area contributed by atoms with E-state index in [9.17, 15) is 18.0 Å². The Bertz CT molecular complexity index is 683. The Morgan fingerprint density at radius 2 is 1.91 bits per heavy atom. The van der Waals surface area contributed by atoms with Crippen molar-refractivity contribution in [3.8, 4) is 0 Å². The molecule has 128 valence electrons. The summed E-state index contributed by atoms with van der Waals surface area (Å²) in [7, 11) is -2.37. The molecule has 0 aliphatic rings. The average molecular weight is 342 g/mol. The van der Waals surface area contributed by atoms with Crippen LogP contribution in [0.1, 0.15) is 37.6 Å². The van der Waals surface area contributed by atoms with E-state index in [4.69, 9.17) is 4.74 Å². The molecular formula is C15H22N2O5S. The lowest BCUT2D eigenvalue weighted by Gasteiger charge is -2.24. The van der Waals surface area contributed by atoms with Gasteiger partial charge in [-0.1, -0.05) is 13.0 Å². The predicted molar refractivity (Wildman–Crippen MR) is 85.5 cm³/mol. The first kappa shape index (κ1) is 19.1. The molecule has 0 atom stereocenters. The van der Waals surface area contributed by atoms with Crippen LogP contribution in [0.2, 0.25) is 0 Å². The molecule has 2 N–H and O–H groups in total. The number of benzene rings is 1. The van der Waals surface area contributed by atoms with Gasteiger partial charge in [-0.2, -0.15) is 0 Å². The zero-order valence-corrected chi connectivity index (χ0v) is 14.5. The number of amides is 1. The minimum absolute atomic E-state index is 0.0500. The van der Waals surface area contributed by atoms with E-state index in [1.165, 1.54) is 31.3 Å². The van der Waals surface area contributed by atoms with Crippen molar-refractivity contribution in [2.45, 2.75) is 37.6 Å². The Morgan fingerprint density at radius 1 is 1.26 bits per heavy atom. The maximum atomic E-state index is 11.9. The zero-order valence-electron chi connectivity index (χ0n) is 13.7. The van der Waals surface area contributed by atoms with Crippen LogP contribution in [0.5, 0.6) is 0 Å². The Balaban J connectivity index is 2.73. The molecule has 0 aliphatic heterocycles. The number of hydrogen-bond acceptors (Lipinski definition) is 5. The third kappa shape index (κ3) is 5.65. The van der Waals surface area contributed by atoms with E-state index in [2.05, 4.69) is 10.0 Å². The Morgan fingerprint density at radius 3 is 2.48 bits per heavy atom. The van der Waals surface area contributed by atoms with E-state index >= 15 is 0 Å². The van der Waals surface area contributed by atoms with Gasteiger partial charge in [0.25, 0.3) is 5.91 Å². The van der Waals surface area contributed by atoms with Crippen LogP contribution in [-0.4, -0.2) is 39.5 Å². The van der Waals surface area contributed by atoms with Gasteiger partial charge in [0.15, 0.2) is 6.61 Å². The number of ether oxygens (including phenoxy) is 1. The second kappa shape index (κ2) is 7.56. The van der Waals surface area contributed by atoms with Crippen LogP contribution in [0.15, 0.2) is 29.2 Å². The summed E-state index contributed by atoms with van der Waals surface area (Å²) in [6, 6.07) is 5.41. The highest BCUT2D eigenvalue weighted by molar-refractivity contribution is 7.89. The molecule has 1 amide bonds. The van der Waals surface area contributed by atoms with Gasteiger partial charge in [0.2, 0.25) is 10.0 Å². The molecule has 0 heterocycles. The summed E-state index contributed by atoms with van der Waals surface area (Å²) in [5.41, 5.74) is -0.325. The number of nitrogens with one attached hydrogen (secondary N) is 2. The molecule has 0 saturated carbocycles. The molecule has 0 unspecified atom stereocenters. The van der Waals surface area contributed by atoms with Crippen LogP contribution in [0.3, 0.4) is 0 Å². The second-order valence-corrected chi connectivity index (χ2v) is 7.48. The average Bonchev–Trinajstić information content (AvgIpc) is 2.52. The molecule has 8 heteroatoms. The lowest BCUT2D eigenvalue weighted by atomic mass is 10.0. The van der Waals surface area contributed by atoms with Crippen molar-refractivity contribution in [1.82, 2.24) is 10.0 Å². The first-order chi connectivity index (χ1) is 10.6. The molecule has 0 saturated heterocycles. The molecule has 0 fully saturated rings. The van der Waals surface area contributed by atoms with Gasteiger partial charge in [0.1, 0.15) is 0 Å². The molecule has 0 aliphatic carbocycles. The second-order valence-electron chi connectivity index (χ2n) is 5.60. The smallest absolute Gasteiger partial charge is 0.338 e. The first-order valence-corrected chi connectivity index (χ1v) is 8.61. The number of hydrogen-bond donors (Lipinski definition) is 2. The topological polar surface area (TPSA) is 102 Å². The molecule has 23 heavy (non-hydrogen) atoms. The number of sulfonamides is 1. The van der Waals surface area contributed by atoms with E-state index in [1.807, 2.05) is 20.8 Å². The Hall–Kier alpha value is -1.93. The van der Waals surface area contributed by atoms with Gasteiger partial charge in [-0.3, -0.25) is 4.79 Å². The molecule has 0 spiro atoms. The maximum Gasteiger partial charge on any atom is 0.338 e. The van der Waals surface area contributed by atoms with Crippen LogP contribution in [-0.2, 0) is 19.6 Å². The van der Waals surface area contributed by atoms with Crippen molar-refractivity contribution in [2.75, 3.05) is 13.7 Å². The molecule has 1 aromatic carbocycles. The van der Waals surface area contributed by atoms with Crippen molar-refractivity contribution in [3.63, 3.8) is 0 Å². The van der Waals surface area contributed by atoms with Gasteiger partial charge in [-0.05, 0) is 45.5 Å². The minimum Gasteiger partial charge on any atom is -0.452 e. The molecule has 0 bridgehead atoms. The van der Waals surface area contributed by atoms with Crippen molar-refractivity contribution in [2.24, 2.45) is 0 Å². The fourth-order valence-electron chi connectivity index (χ4n) is 1.62. The summed E-state index contributed by atoms with van der Waals surface area (Å²) >= 11 is 0. The molecule has 1 aromatic rings. The number of esters is 1. The minimum atomic E-state index is -3.65. The van der Waals surface area contributed by atoms with Crippen LogP contribution in [0.25, 0.3) is 0 Å². The van der Waals surface area contributed by atoms with E-state index in [0.717, 1.165) is 6.42 Å². The standard InChI is InChI=1S/C15H22N2O5S/c1-5-15(2,3)17-13(18)10-22-14(19)11-7-6-8-12(9-11)23(20,21)16-4/h6-9,16H,5,10H2,1-4H3,(H,17,18). The third-order valence-corrected chi connectivity index (χ3v) is 4.76. The molecule has 0 aromatic heterocycles. The van der Waals surface area contributed by atoms with Crippen molar-refractivity contribution >= 4 is 21.9 Å². The van der Waals surface area contributed by atoms with Gasteiger partial charge in [0.05, 0.1) is 10.5 Å². The lowest BCUT2D eigenvalue weighted by molar-refractivity contribution is -0.125. The van der Waals surface area contributed by atoms with Gasteiger partial charge < -0.3 is 10.1 Å². The number of rotatable bonds is 7.